The quantitative estimate of drug-likeness (QED) is 0.294. The second-order valence-corrected chi connectivity index (χ2v) is 7.02. The first-order chi connectivity index (χ1) is 13.6. The molecular formula is C23H30IN5. The van der Waals surface area contributed by atoms with Crippen LogP contribution in [0.3, 0.4) is 0 Å². The fraction of sp³-hybridized carbons (Fsp3) is 0.304. The molecule has 1 heterocycles. The lowest BCUT2D eigenvalue weighted by molar-refractivity contribution is 0.698. The summed E-state index contributed by atoms with van der Waals surface area (Å²) in [6.07, 6.45) is 0. The lowest BCUT2D eigenvalue weighted by Crippen LogP contribution is -2.38. The Kier molecular flexibility index (Phi) is 8.70. The van der Waals surface area contributed by atoms with Crippen LogP contribution in [0.4, 0.5) is 0 Å². The minimum Gasteiger partial charge on any atom is -0.356 e. The average Bonchev–Trinajstić information content (AvgIpc) is 3.03. The number of nitrogens with zero attached hydrogens (tertiary/aromatic N) is 3. The molecule has 1 atom stereocenters. The van der Waals surface area contributed by atoms with E-state index in [1.54, 1.807) is 7.05 Å². The van der Waals surface area contributed by atoms with Crippen LogP contribution in [-0.2, 0) is 6.54 Å². The van der Waals surface area contributed by atoms with Gasteiger partial charge in [0.05, 0.1) is 11.4 Å². The summed E-state index contributed by atoms with van der Waals surface area (Å²) in [5.74, 6) is 1.21. The number of halogens is 1. The Balaban J connectivity index is 0.00000300. The Bertz CT molecular complexity index is 919. The third-order valence-corrected chi connectivity index (χ3v) is 5.04. The summed E-state index contributed by atoms with van der Waals surface area (Å²) in [6.45, 7) is 7.89. The van der Waals surface area contributed by atoms with Crippen LogP contribution in [0.1, 0.15) is 35.4 Å². The fourth-order valence-corrected chi connectivity index (χ4v) is 3.29. The van der Waals surface area contributed by atoms with Crippen LogP contribution in [0, 0.1) is 13.8 Å². The van der Waals surface area contributed by atoms with Gasteiger partial charge in [-0.1, -0.05) is 55.5 Å². The third kappa shape index (κ3) is 5.82. The average molecular weight is 503 g/mol. The van der Waals surface area contributed by atoms with E-state index in [0.29, 0.717) is 12.5 Å². The number of rotatable bonds is 6. The van der Waals surface area contributed by atoms with Crippen molar-refractivity contribution in [3.05, 3.63) is 83.2 Å². The van der Waals surface area contributed by atoms with Gasteiger partial charge in [-0.15, -0.1) is 24.0 Å². The number of guanidine groups is 1. The molecule has 0 amide bonds. The Morgan fingerprint density at radius 2 is 1.62 bits per heavy atom. The van der Waals surface area contributed by atoms with Gasteiger partial charge in [-0.25, -0.2) is 4.68 Å². The van der Waals surface area contributed by atoms with Gasteiger partial charge in [0.15, 0.2) is 5.96 Å². The summed E-state index contributed by atoms with van der Waals surface area (Å²) in [4.78, 5) is 4.36. The number of hydrogen-bond acceptors (Lipinski definition) is 2. The van der Waals surface area contributed by atoms with Crippen LogP contribution in [0.25, 0.3) is 5.69 Å². The summed E-state index contributed by atoms with van der Waals surface area (Å²) in [5, 5.41) is 11.6. The van der Waals surface area contributed by atoms with E-state index in [9.17, 15) is 0 Å². The summed E-state index contributed by atoms with van der Waals surface area (Å²) < 4.78 is 2.00. The summed E-state index contributed by atoms with van der Waals surface area (Å²) in [7, 11) is 1.80. The number of para-hydroxylation sites is 1. The molecule has 29 heavy (non-hydrogen) atoms. The van der Waals surface area contributed by atoms with E-state index in [-0.39, 0.29) is 24.0 Å². The van der Waals surface area contributed by atoms with E-state index in [0.717, 1.165) is 29.6 Å². The maximum absolute atomic E-state index is 4.71. The summed E-state index contributed by atoms with van der Waals surface area (Å²) >= 11 is 0. The SMILES string of the molecule is CN=C(NCc1c(C)nn(-c2ccccc2)c1C)NCC(C)c1ccccc1.I. The van der Waals surface area contributed by atoms with E-state index in [4.69, 9.17) is 5.10 Å². The molecule has 0 spiro atoms. The molecule has 0 fully saturated rings. The molecule has 0 radical (unpaired) electrons. The number of aryl methyl sites for hydroxylation is 1. The number of benzene rings is 2. The second-order valence-electron chi connectivity index (χ2n) is 7.02. The van der Waals surface area contributed by atoms with Crippen molar-refractivity contribution >= 4 is 29.9 Å². The fourth-order valence-electron chi connectivity index (χ4n) is 3.29. The van der Waals surface area contributed by atoms with Crippen LogP contribution in [0.2, 0.25) is 0 Å². The van der Waals surface area contributed by atoms with Gasteiger partial charge in [-0.2, -0.15) is 5.10 Å². The molecule has 1 unspecified atom stereocenters. The Morgan fingerprint density at radius 1 is 1.00 bits per heavy atom. The van der Waals surface area contributed by atoms with Crippen molar-refractivity contribution in [2.45, 2.75) is 33.2 Å². The molecule has 3 rings (SSSR count). The van der Waals surface area contributed by atoms with Gasteiger partial charge in [0.25, 0.3) is 0 Å². The highest BCUT2D eigenvalue weighted by Crippen LogP contribution is 2.17. The third-order valence-electron chi connectivity index (χ3n) is 5.04. The van der Waals surface area contributed by atoms with Crippen LogP contribution >= 0.6 is 24.0 Å². The van der Waals surface area contributed by atoms with Gasteiger partial charge >= 0.3 is 0 Å². The molecule has 0 aliphatic carbocycles. The van der Waals surface area contributed by atoms with Crippen molar-refractivity contribution in [3.63, 3.8) is 0 Å². The van der Waals surface area contributed by atoms with Gasteiger partial charge in [0.1, 0.15) is 0 Å². The molecule has 5 nitrogen and oxygen atoms in total. The molecular weight excluding hydrogens is 473 g/mol. The second kappa shape index (κ2) is 11.0. The van der Waals surface area contributed by atoms with Gasteiger partial charge in [0.2, 0.25) is 0 Å². The van der Waals surface area contributed by atoms with E-state index < -0.39 is 0 Å². The Morgan fingerprint density at radius 3 is 2.24 bits per heavy atom. The molecule has 0 saturated heterocycles. The van der Waals surface area contributed by atoms with Crippen molar-refractivity contribution in [2.75, 3.05) is 13.6 Å². The van der Waals surface area contributed by atoms with Crippen molar-refractivity contribution in [3.8, 4) is 5.69 Å². The summed E-state index contributed by atoms with van der Waals surface area (Å²) in [6, 6.07) is 20.7. The first kappa shape index (κ1) is 22.9. The van der Waals surface area contributed by atoms with Crippen LogP contribution in [0.15, 0.2) is 65.7 Å². The first-order valence-electron chi connectivity index (χ1n) is 9.70. The van der Waals surface area contributed by atoms with Crippen molar-refractivity contribution in [2.24, 2.45) is 4.99 Å². The maximum Gasteiger partial charge on any atom is 0.191 e. The Labute approximate surface area is 190 Å². The normalized spacial score (nSPS) is 12.2. The monoisotopic (exact) mass is 503 g/mol. The first-order valence-corrected chi connectivity index (χ1v) is 9.70. The van der Waals surface area contributed by atoms with Crippen LogP contribution < -0.4 is 10.6 Å². The number of nitrogens with one attached hydrogen (secondary N) is 2. The van der Waals surface area contributed by atoms with Crippen molar-refractivity contribution in [1.82, 2.24) is 20.4 Å². The van der Waals surface area contributed by atoms with E-state index in [2.05, 4.69) is 72.8 Å². The predicted molar refractivity (Wildman–Crippen MR) is 132 cm³/mol. The van der Waals surface area contributed by atoms with Crippen LogP contribution in [0.5, 0.6) is 0 Å². The topological polar surface area (TPSA) is 54.2 Å². The smallest absolute Gasteiger partial charge is 0.191 e. The summed E-state index contributed by atoms with van der Waals surface area (Å²) in [5.41, 5.74) is 5.77. The largest absolute Gasteiger partial charge is 0.356 e. The zero-order chi connectivity index (χ0) is 19.9. The standard InChI is InChI=1S/C23H29N5.HI/c1-17(20-11-7-5-8-12-20)15-25-23(24-4)26-16-22-18(2)27-28(19(22)3)21-13-9-6-10-14-21;/h5-14,17H,15-16H2,1-4H3,(H2,24,25,26);1H. The van der Waals surface area contributed by atoms with E-state index >= 15 is 0 Å². The molecule has 0 aliphatic rings. The van der Waals surface area contributed by atoms with Gasteiger partial charge in [0, 0.05) is 31.4 Å². The molecule has 2 aromatic carbocycles. The number of aromatic nitrogens is 2. The minimum absolute atomic E-state index is 0. The van der Waals surface area contributed by atoms with E-state index in [1.165, 1.54) is 11.1 Å². The minimum atomic E-state index is 0. The molecule has 3 aromatic rings. The zero-order valence-corrected chi connectivity index (χ0v) is 19.8. The highest BCUT2D eigenvalue weighted by Gasteiger charge is 2.13. The molecule has 2 N–H and O–H groups in total. The number of aliphatic imine (C=N–C) groups is 1. The van der Waals surface area contributed by atoms with Gasteiger partial charge in [-0.05, 0) is 37.5 Å². The highest BCUT2D eigenvalue weighted by molar-refractivity contribution is 14.0. The van der Waals surface area contributed by atoms with E-state index in [1.807, 2.05) is 28.9 Å². The number of hydrogen-bond donors (Lipinski definition) is 2. The maximum atomic E-state index is 4.71. The van der Waals surface area contributed by atoms with Crippen LogP contribution in [-0.4, -0.2) is 29.3 Å². The zero-order valence-electron chi connectivity index (χ0n) is 17.5. The molecule has 1 aromatic heterocycles. The lowest BCUT2D eigenvalue weighted by atomic mass is 10.0. The van der Waals surface area contributed by atoms with Crippen molar-refractivity contribution in [1.29, 1.82) is 0 Å². The van der Waals surface area contributed by atoms with Crippen molar-refractivity contribution < 1.29 is 0 Å². The highest BCUT2D eigenvalue weighted by atomic mass is 127. The Hall–Kier alpha value is -2.35. The lowest BCUT2D eigenvalue weighted by Gasteiger charge is -2.16. The molecule has 6 heteroatoms. The van der Waals surface area contributed by atoms with Gasteiger partial charge in [-0.3, -0.25) is 4.99 Å². The molecule has 154 valence electrons. The molecule has 0 aliphatic heterocycles. The predicted octanol–water partition coefficient (Wildman–Crippen LogP) is 4.58. The van der Waals surface area contributed by atoms with Gasteiger partial charge < -0.3 is 10.6 Å². The molecule has 0 saturated carbocycles. The molecule has 0 bridgehead atoms.